The lowest BCUT2D eigenvalue weighted by molar-refractivity contribution is -0.0912. The molecular formula is C22H31N5O3. The summed E-state index contributed by atoms with van der Waals surface area (Å²) in [6.45, 7) is 0.624. The second-order valence-electron chi connectivity index (χ2n) is 8.41. The Morgan fingerprint density at radius 3 is 2.87 bits per heavy atom. The number of hydrogen-bond acceptors (Lipinski definition) is 6. The van der Waals surface area contributed by atoms with Crippen LogP contribution in [0.5, 0.6) is 0 Å². The number of hydrogen-bond donors (Lipinski definition) is 2. The number of nitrogens with one attached hydrogen (secondary N) is 1. The van der Waals surface area contributed by atoms with Crippen LogP contribution < -0.4 is 5.32 Å². The van der Waals surface area contributed by atoms with Gasteiger partial charge in [-0.05, 0) is 44.2 Å². The quantitative estimate of drug-likeness (QED) is 0.723. The van der Waals surface area contributed by atoms with Crippen LogP contribution in [-0.2, 0) is 11.3 Å². The summed E-state index contributed by atoms with van der Waals surface area (Å²) in [7, 11) is 0. The van der Waals surface area contributed by atoms with Crippen molar-refractivity contribution in [2.45, 2.75) is 82.1 Å². The van der Waals surface area contributed by atoms with Gasteiger partial charge in [-0.3, -0.25) is 14.5 Å². The van der Waals surface area contributed by atoms with Gasteiger partial charge in [0.25, 0.3) is 5.91 Å². The Hall–Kier alpha value is -2.32. The van der Waals surface area contributed by atoms with Crippen molar-refractivity contribution in [3.05, 3.63) is 42.0 Å². The highest BCUT2D eigenvalue weighted by atomic mass is 16.5. The first-order valence-electron chi connectivity index (χ1n) is 11.1. The van der Waals surface area contributed by atoms with Crippen molar-refractivity contribution >= 4 is 5.91 Å². The minimum atomic E-state index is -0.405. The summed E-state index contributed by atoms with van der Waals surface area (Å²) in [4.78, 5) is 16.4. The van der Waals surface area contributed by atoms with E-state index in [9.17, 15) is 9.90 Å². The first-order chi connectivity index (χ1) is 14.7. The molecule has 0 unspecified atom stereocenters. The zero-order valence-electron chi connectivity index (χ0n) is 17.3. The molecule has 2 aromatic heterocycles. The van der Waals surface area contributed by atoms with E-state index in [0.29, 0.717) is 11.5 Å². The molecule has 3 atom stereocenters. The highest BCUT2D eigenvalue weighted by molar-refractivity contribution is 5.94. The van der Waals surface area contributed by atoms with Gasteiger partial charge in [-0.25, -0.2) is 0 Å². The van der Waals surface area contributed by atoms with Crippen molar-refractivity contribution in [1.82, 2.24) is 25.3 Å². The largest absolute Gasteiger partial charge is 0.394 e. The van der Waals surface area contributed by atoms with Crippen LogP contribution in [0.25, 0.3) is 0 Å². The highest BCUT2D eigenvalue weighted by Crippen LogP contribution is 2.31. The molecule has 4 rings (SSSR count). The predicted molar refractivity (Wildman–Crippen MR) is 111 cm³/mol. The Morgan fingerprint density at radius 1 is 1.23 bits per heavy atom. The molecular weight excluding hydrogens is 382 g/mol. The molecule has 1 aliphatic carbocycles. The molecule has 8 nitrogen and oxygen atoms in total. The number of amides is 1. The normalized spacial score (nSPS) is 25.2. The summed E-state index contributed by atoms with van der Waals surface area (Å²) < 4.78 is 8.00. The van der Waals surface area contributed by atoms with Crippen LogP contribution in [-0.4, -0.2) is 55.8 Å². The fraction of sp³-hybridized carbons (Fsp3) is 0.636. The Labute approximate surface area is 177 Å². The first kappa shape index (κ1) is 20.9. The van der Waals surface area contributed by atoms with E-state index in [2.05, 4.69) is 26.8 Å². The van der Waals surface area contributed by atoms with Crippen molar-refractivity contribution in [2.75, 3.05) is 6.61 Å². The third-order valence-electron chi connectivity index (χ3n) is 6.30. The zero-order valence-corrected chi connectivity index (χ0v) is 17.3. The fourth-order valence-corrected chi connectivity index (χ4v) is 4.54. The third kappa shape index (κ3) is 5.23. The number of aliphatic hydroxyl groups excluding tert-OH is 1. The Kier molecular flexibility index (Phi) is 7.07. The fourth-order valence-electron chi connectivity index (χ4n) is 4.54. The van der Waals surface area contributed by atoms with Gasteiger partial charge in [-0.15, -0.1) is 5.10 Å². The SMILES string of the molecule is O=C(N[C@@H]1CC[C@@H](CCn2cc(C3CCCCC3)nn2)O[C@@H]1CO)c1cccnc1. The van der Waals surface area contributed by atoms with E-state index in [4.69, 9.17) is 4.74 Å². The van der Waals surface area contributed by atoms with Crippen molar-refractivity contribution in [3.63, 3.8) is 0 Å². The van der Waals surface area contributed by atoms with Gasteiger partial charge < -0.3 is 15.2 Å². The maximum absolute atomic E-state index is 12.4. The molecule has 30 heavy (non-hydrogen) atoms. The number of aromatic nitrogens is 4. The lowest BCUT2D eigenvalue weighted by Crippen LogP contribution is -2.51. The van der Waals surface area contributed by atoms with E-state index < -0.39 is 6.10 Å². The van der Waals surface area contributed by atoms with E-state index in [1.807, 2.05) is 4.68 Å². The Morgan fingerprint density at radius 2 is 2.10 bits per heavy atom. The number of rotatable bonds is 7. The van der Waals surface area contributed by atoms with Gasteiger partial charge in [0, 0.05) is 31.1 Å². The summed E-state index contributed by atoms with van der Waals surface area (Å²) >= 11 is 0. The van der Waals surface area contributed by atoms with Gasteiger partial charge in [-0.2, -0.15) is 0 Å². The van der Waals surface area contributed by atoms with Crippen molar-refractivity contribution in [1.29, 1.82) is 0 Å². The minimum Gasteiger partial charge on any atom is -0.394 e. The van der Waals surface area contributed by atoms with Crippen molar-refractivity contribution in [3.8, 4) is 0 Å². The van der Waals surface area contributed by atoms with Gasteiger partial charge in [-0.1, -0.05) is 24.5 Å². The van der Waals surface area contributed by atoms with Crippen molar-refractivity contribution in [2.24, 2.45) is 0 Å². The van der Waals surface area contributed by atoms with Crippen LogP contribution in [0.4, 0.5) is 0 Å². The standard InChI is InChI=1S/C22H31N5O3/c28-15-21-19(24-22(29)17-7-4-11-23-13-17)9-8-18(30-21)10-12-27-14-20(25-26-27)16-5-2-1-3-6-16/h4,7,11,13-14,16,18-19,21,28H,1-3,5-6,8-10,12,15H2,(H,24,29)/t18-,19+,21+/m0/s1. The molecule has 0 bridgehead atoms. The molecule has 0 radical (unpaired) electrons. The Balaban J connectivity index is 1.26. The third-order valence-corrected chi connectivity index (χ3v) is 6.30. The smallest absolute Gasteiger partial charge is 0.253 e. The average molecular weight is 414 g/mol. The molecule has 3 heterocycles. The number of pyridine rings is 1. The summed E-state index contributed by atoms with van der Waals surface area (Å²) in [5, 5.41) is 21.4. The molecule has 1 saturated carbocycles. The van der Waals surface area contributed by atoms with E-state index in [0.717, 1.165) is 31.5 Å². The van der Waals surface area contributed by atoms with Crippen molar-refractivity contribution < 1.29 is 14.6 Å². The van der Waals surface area contributed by atoms with Gasteiger partial charge in [0.2, 0.25) is 0 Å². The molecule has 2 fully saturated rings. The summed E-state index contributed by atoms with van der Waals surface area (Å²) in [5.74, 6) is 0.368. The van der Waals surface area contributed by atoms with Crippen LogP contribution in [0.1, 0.15) is 73.3 Å². The molecule has 0 spiro atoms. The second-order valence-corrected chi connectivity index (χ2v) is 8.41. The van der Waals surface area contributed by atoms with Crippen LogP contribution in [0, 0.1) is 0 Å². The van der Waals surface area contributed by atoms with Crippen LogP contribution in [0.15, 0.2) is 30.7 Å². The second kappa shape index (κ2) is 10.1. The average Bonchev–Trinajstić information content (AvgIpc) is 3.28. The predicted octanol–water partition coefficient (Wildman–Crippen LogP) is 2.45. The van der Waals surface area contributed by atoms with Crippen LogP contribution in [0.2, 0.25) is 0 Å². The number of ether oxygens (including phenoxy) is 1. The molecule has 2 N–H and O–H groups in total. The molecule has 162 valence electrons. The van der Waals surface area contributed by atoms with Gasteiger partial charge in [0.1, 0.15) is 6.10 Å². The van der Waals surface area contributed by atoms with Gasteiger partial charge in [0.05, 0.1) is 30.0 Å². The zero-order chi connectivity index (χ0) is 20.8. The topological polar surface area (TPSA) is 102 Å². The minimum absolute atomic E-state index is 0.0380. The maximum Gasteiger partial charge on any atom is 0.253 e. The molecule has 8 heteroatoms. The molecule has 2 aliphatic rings. The molecule has 1 aliphatic heterocycles. The molecule has 2 aromatic rings. The number of carbonyl (C=O) groups excluding carboxylic acids is 1. The van der Waals surface area contributed by atoms with E-state index in [1.165, 1.54) is 38.3 Å². The summed E-state index contributed by atoms with van der Waals surface area (Å²) in [5.41, 5.74) is 1.63. The lowest BCUT2D eigenvalue weighted by Gasteiger charge is -2.36. The Bertz CT molecular complexity index is 806. The monoisotopic (exact) mass is 413 g/mol. The maximum atomic E-state index is 12.4. The van der Waals surface area contributed by atoms with Gasteiger partial charge >= 0.3 is 0 Å². The lowest BCUT2D eigenvalue weighted by atomic mass is 9.87. The van der Waals surface area contributed by atoms with Gasteiger partial charge in [0.15, 0.2) is 0 Å². The molecule has 1 saturated heterocycles. The number of aliphatic hydroxyl groups is 1. The molecule has 1 amide bonds. The van der Waals surface area contributed by atoms with E-state index in [1.54, 1.807) is 18.3 Å². The molecule has 0 aromatic carbocycles. The van der Waals surface area contributed by atoms with E-state index in [-0.39, 0.29) is 24.7 Å². The number of aryl methyl sites for hydroxylation is 1. The van der Waals surface area contributed by atoms with Crippen LogP contribution >= 0.6 is 0 Å². The summed E-state index contributed by atoms with van der Waals surface area (Å²) in [6.07, 6.45) is 13.6. The first-order valence-corrected chi connectivity index (χ1v) is 11.1. The van der Waals surface area contributed by atoms with E-state index >= 15 is 0 Å². The number of carbonyl (C=O) groups is 1. The number of nitrogens with zero attached hydrogens (tertiary/aromatic N) is 4. The summed E-state index contributed by atoms with van der Waals surface area (Å²) in [6, 6.07) is 3.25. The van der Waals surface area contributed by atoms with Crippen LogP contribution in [0.3, 0.4) is 0 Å². The highest BCUT2D eigenvalue weighted by Gasteiger charge is 2.32.